The zero-order valence-corrected chi connectivity index (χ0v) is 19.0. The molecule has 1 saturated heterocycles. The molecule has 2 aliphatic rings. The fourth-order valence-electron chi connectivity index (χ4n) is 3.72. The summed E-state index contributed by atoms with van der Waals surface area (Å²) in [5.74, 6) is 0.311. The van der Waals surface area contributed by atoms with E-state index in [0.717, 1.165) is 24.2 Å². The van der Waals surface area contributed by atoms with E-state index in [1.54, 1.807) is 24.5 Å². The van der Waals surface area contributed by atoms with E-state index in [4.69, 9.17) is 14.6 Å². The molecule has 0 aromatic carbocycles. The Morgan fingerprint density at radius 1 is 1.41 bits per heavy atom. The Morgan fingerprint density at radius 3 is 3.00 bits per heavy atom. The van der Waals surface area contributed by atoms with Crippen molar-refractivity contribution in [3.05, 3.63) is 71.4 Å². The molecule has 2 aromatic rings. The normalized spacial score (nSPS) is 18.9. The molecule has 0 bridgehead atoms. The van der Waals surface area contributed by atoms with Gasteiger partial charge in [-0.25, -0.2) is 4.98 Å². The highest BCUT2D eigenvalue weighted by atomic mass is 16.5. The van der Waals surface area contributed by atoms with Crippen LogP contribution in [0.2, 0.25) is 0 Å². The van der Waals surface area contributed by atoms with Crippen molar-refractivity contribution in [1.29, 1.82) is 5.41 Å². The van der Waals surface area contributed by atoms with Gasteiger partial charge in [0.2, 0.25) is 11.8 Å². The van der Waals surface area contributed by atoms with Gasteiger partial charge < -0.3 is 30.5 Å². The molecule has 2 aromatic heterocycles. The van der Waals surface area contributed by atoms with Gasteiger partial charge in [0.15, 0.2) is 5.69 Å². The van der Waals surface area contributed by atoms with Crippen LogP contribution in [0, 0.1) is 18.3 Å². The van der Waals surface area contributed by atoms with Gasteiger partial charge in [-0.3, -0.25) is 14.6 Å². The molecular formula is C24H26N6O4. The van der Waals surface area contributed by atoms with Crippen LogP contribution in [0.3, 0.4) is 0 Å². The number of pyridine rings is 1. The van der Waals surface area contributed by atoms with Crippen molar-refractivity contribution in [2.45, 2.75) is 19.8 Å². The van der Waals surface area contributed by atoms with Gasteiger partial charge in [0.05, 0.1) is 18.5 Å². The zero-order valence-electron chi connectivity index (χ0n) is 19.0. The lowest BCUT2D eigenvalue weighted by atomic mass is 10.0. The third kappa shape index (κ3) is 5.22. The molecular weight excluding hydrogens is 436 g/mol. The van der Waals surface area contributed by atoms with Crippen molar-refractivity contribution in [3.8, 4) is 11.5 Å². The molecule has 0 saturated carbocycles. The van der Waals surface area contributed by atoms with E-state index in [9.17, 15) is 9.59 Å². The van der Waals surface area contributed by atoms with Crippen LogP contribution in [0.5, 0.6) is 0 Å². The summed E-state index contributed by atoms with van der Waals surface area (Å²) in [6.07, 6.45) is 9.37. The van der Waals surface area contributed by atoms with E-state index in [1.807, 2.05) is 13.0 Å². The third-order valence-electron chi connectivity index (χ3n) is 5.56. The fourth-order valence-corrected chi connectivity index (χ4v) is 3.72. The highest BCUT2D eigenvalue weighted by Gasteiger charge is 2.23. The first-order valence-electron chi connectivity index (χ1n) is 10.9. The Bertz CT molecular complexity index is 1210. The van der Waals surface area contributed by atoms with Crippen LogP contribution in [0.4, 0.5) is 0 Å². The molecule has 1 unspecified atom stereocenters. The van der Waals surface area contributed by atoms with Crippen LogP contribution < -0.4 is 16.0 Å². The lowest BCUT2D eigenvalue weighted by molar-refractivity contribution is -0.122. The largest absolute Gasteiger partial charge is 0.494 e. The molecule has 0 spiro atoms. The number of aryl methyl sites for hydroxylation is 1. The van der Waals surface area contributed by atoms with Gasteiger partial charge in [0.25, 0.3) is 5.91 Å². The van der Waals surface area contributed by atoms with Gasteiger partial charge >= 0.3 is 0 Å². The third-order valence-corrected chi connectivity index (χ3v) is 5.56. The summed E-state index contributed by atoms with van der Waals surface area (Å²) in [7, 11) is 1.47. The molecule has 176 valence electrons. The molecule has 2 amide bonds. The molecule has 4 rings (SSSR count). The number of allylic oxidation sites excluding steroid dienone is 3. The van der Waals surface area contributed by atoms with E-state index in [2.05, 4.69) is 25.9 Å². The summed E-state index contributed by atoms with van der Waals surface area (Å²) in [5, 5.41) is 17.0. The number of nitrogens with zero attached hydrogens (tertiary/aromatic N) is 2. The Hall–Kier alpha value is -4.21. The SMILES string of the molecule is COC1=CC(=N)/C(=C\NCCC2CCNC2=O)C=C1NC(=O)c1coc(-c2ccnc(C)c2)n1. The Labute approximate surface area is 196 Å². The minimum absolute atomic E-state index is 0.0190. The Balaban J connectivity index is 1.43. The first-order valence-corrected chi connectivity index (χ1v) is 10.9. The number of carbonyl (C=O) groups excluding carboxylic acids is 2. The maximum atomic E-state index is 12.8. The van der Waals surface area contributed by atoms with E-state index in [0.29, 0.717) is 35.9 Å². The summed E-state index contributed by atoms with van der Waals surface area (Å²) in [6.45, 7) is 3.18. The number of rotatable bonds is 8. The standard InChI is InChI=1S/C24H26N6O4/c1-14-9-16(5-7-27-14)24-30-20(13-34-24)23(32)29-19-10-17(18(25)11-21(19)33-2)12-26-6-3-15-4-8-28-22(15)31/h5,7,9-13,15,25-26H,3-4,6,8H2,1-2H3,(H,28,31)(H,29,32)/b17-12-,25-18?. The van der Waals surface area contributed by atoms with Crippen LogP contribution in [0.1, 0.15) is 29.0 Å². The van der Waals surface area contributed by atoms with Crippen molar-refractivity contribution in [1.82, 2.24) is 25.9 Å². The smallest absolute Gasteiger partial charge is 0.277 e. The fraction of sp³-hybridized carbons (Fsp3) is 0.292. The second-order valence-electron chi connectivity index (χ2n) is 7.98. The van der Waals surface area contributed by atoms with Crippen LogP contribution in [0.25, 0.3) is 11.5 Å². The number of hydrogen-bond acceptors (Lipinski definition) is 8. The van der Waals surface area contributed by atoms with Gasteiger partial charge in [0.1, 0.15) is 12.0 Å². The molecule has 0 radical (unpaired) electrons. The number of oxazole rings is 1. The van der Waals surface area contributed by atoms with Gasteiger partial charge in [0, 0.05) is 54.3 Å². The average molecular weight is 463 g/mol. The predicted octanol–water partition coefficient (Wildman–Crippen LogP) is 2.22. The van der Waals surface area contributed by atoms with Gasteiger partial charge in [-0.1, -0.05) is 0 Å². The Kier molecular flexibility index (Phi) is 6.86. The molecule has 10 heteroatoms. The van der Waals surface area contributed by atoms with Crippen molar-refractivity contribution in [2.75, 3.05) is 20.2 Å². The lowest BCUT2D eigenvalue weighted by Crippen LogP contribution is -2.27. The maximum Gasteiger partial charge on any atom is 0.277 e. The molecule has 34 heavy (non-hydrogen) atoms. The molecule has 10 nitrogen and oxygen atoms in total. The highest BCUT2D eigenvalue weighted by molar-refractivity contribution is 6.10. The van der Waals surface area contributed by atoms with Crippen molar-refractivity contribution < 1.29 is 18.7 Å². The summed E-state index contributed by atoms with van der Waals surface area (Å²) >= 11 is 0. The molecule has 4 N–H and O–H groups in total. The van der Waals surface area contributed by atoms with E-state index < -0.39 is 5.91 Å². The first-order chi connectivity index (χ1) is 16.4. The van der Waals surface area contributed by atoms with Crippen molar-refractivity contribution in [2.24, 2.45) is 5.92 Å². The minimum atomic E-state index is -0.469. The quantitative estimate of drug-likeness (QED) is 0.441. The molecule has 1 atom stereocenters. The average Bonchev–Trinajstić information content (AvgIpc) is 3.48. The summed E-state index contributed by atoms with van der Waals surface area (Å²) in [5.41, 5.74) is 2.85. The van der Waals surface area contributed by atoms with Crippen LogP contribution in [-0.2, 0) is 9.53 Å². The van der Waals surface area contributed by atoms with E-state index in [-0.39, 0.29) is 23.2 Å². The molecule has 1 aliphatic heterocycles. The number of nitrogens with one attached hydrogen (secondary N) is 4. The van der Waals surface area contributed by atoms with Gasteiger partial charge in [-0.2, -0.15) is 0 Å². The highest BCUT2D eigenvalue weighted by Crippen LogP contribution is 2.22. The number of aromatic nitrogens is 2. The zero-order chi connectivity index (χ0) is 24.1. The summed E-state index contributed by atoms with van der Waals surface area (Å²) in [4.78, 5) is 32.9. The summed E-state index contributed by atoms with van der Waals surface area (Å²) < 4.78 is 10.8. The number of amides is 2. The van der Waals surface area contributed by atoms with Crippen molar-refractivity contribution in [3.63, 3.8) is 0 Å². The molecule has 1 aliphatic carbocycles. The summed E-state index contributed by atoms with van der Waals surface area (Å²) in [6, 6.07) is 3.57. The van der Waals surface area contributed by atoms with Crippen molar-refractivity contribution >= 4 is 17.5 Å². The second kappa shape index (κ2) is 10.2. The van der Waals surface area contributed by atoms with E-state index in [1.165, 1.54) is 19.4 Å². The Morgan fingerprint density at radius 2 is 2.26 bits per heavy atom. The molecule has 3 heterocycles. The number of hydrogen-bond donors (Lipinski definition) is 4. The monoisotopic (exact) mass is 462 g/mol. The number of methoxy groups -OCH3 is 1. The minimum Gasteiger partial charge on any atom is -0.494 e. The van der Waals surface area contributed by atoms with Crippen LogP contribution in [0.15, 0.2) is 64.4 Å². The number of carbonyl (C=O) groups is 2. The molecule has 1 fully saturated rings. The first kappa shape index (κ1) is 23.0. The van der Waals surface area contributed by atoms with E-state index >= 15 is 0 Å². The van der Waals surface area contributed by atoms with Crippen LogP contribution >= 0.6 is 0 Å². The predicted molar refractivity (Wildman–Crippen MR) is 125 cm³/mol. The second-order valence-corrected chi connectivity index (χ2v) is 7.98. The number of ether oxygens (including phenoxy) is 1. The van der Waals surface area contributed by atoms with Gasteiger partial charge in [-0.15, -0.1) is 0 Å². The van der Waals surface area contributed by atoms with Gasteiger partial charge in [-0.05, 0) is 38.0 Å². The topological polar surface area (TPSA) is 142 Å². The lowest BCUT2D eigenvalue weighted by Gasteiger charge is -2.18. The maximum absolute atomic E-state index is 12.8. The van der Waals surface area contributed by atoms with Crippen LogP contribution in [-0.4, -0.2) is 47.7 Å².